The second-order valence-corrected chi connectivity index (χ2v) is 4.54. The largest absolute Gasteiger partial charge is 0.373 e. The van der Waals surface area contributed by atoms with Crippen molar-refractivity contribution >= 4 is 17.3 Å². The summed E-state index contributed by atoms with van der Waals surface area (Å²) in [5.74, 6) is 0.517. The first-order valence-corrected chi connectivity index (χ1v) is 5.45. The molecule has 1 nitrogen and oxygen atoms in total. The summed E-state index contributed by atoms with van der Waals surface area (Å²) in [6.45, 7) is 5.19. The molecule has 0 saturated heterocycles. The van der Waals surface area contributed by atoms with Crippen LogP contribution < -0.4 is 4.90 Å². The van der Waals surface area contributed by atoms with Crippen molar-refractivity contribution in [3.8, 4) is 0 Å². The van der Waals surface area contributed by atoms with Gasteiger partial charge in [0.05, 0.1) is 5.38 Å². The minimum Gasteiger partial charge on any atom is -0.373 e. The molecule has 1 unspecified atom stereocenters. The van der Waals surface area contributed by atoms with Crippen molar-refractivity contribution in [1.82, 2.24) is 0 Å². The smallest absolute Gasteiger partial charge is 0.0533 e. The summed E-state index contributed by atoms with van der Waals surface area (Å²) in [5, 5.41) is 0.209. The van der Waals surface area contributed by atoms with Gasteiger partial charge in [-0.25, -0.2) is 0 Å². The zero-order valence-corrected chi connectivity index (χ0v) is 9.83. The average molecular weight is 212 g/mol. The van der Waals surface area contributed by atoms with Crippen molar-refractivity contribution in [3.63, 3.8) is 0 Å². The lowest BCUT2D eigenvalue weighted by Crippen LogP contribution is -2.28. The molecule has 0 heterocycles. The summed E-state index contributed by atoms with van der Waals surface area (Å²) in [4.78, 5) is 2.19. The van der Waals surface area contributed by atoms with Crippen molar-refractivity contribution in [2.75, 3.05) is 18.5 Å². The molecule has 1 atom stereocenters. The quantitative estimate of drug-likeness (QED) is 0.691. The second-order valence-electron chi connectivity index (χ2n) is 3.98. The Morgan fingerprint density at radius 2 is 1.79 bits per heavy atom. The molecular formula is C12H18ClN. The topological polar surface area (TPSA) is 3.24 Å². The molecule has 1 aromatic carbocycles. The molecule has 0 aliphatic carbocycles. The Labute approximate surface area is 91.7 Å². The van der Waals surface area contributed by atoms with Crippen LogP contribution in [-0.4, -0.2) is 19.0 Å². The Balaban J connectivity index is 2.55. The van der Waals surface area contributed by atoms with Gasteiger partial charge in [-0.1, -0.05) is 32.0 Å². The minimum absolute atomic E-state index is 0.209. The van der Waals surface area contributed by atoms with Gasteiger partial charge in [-0.15, -0.1) is 11.6 Å². The number of para-hydroxylation sites is 1. The molecule has 0 saturated carbocycles. The average Bonchev–Trinajstić information content (AvgIpc) is 2.19. The normalized spacial score (nSPS) is 12.9. The summed E-state index contributed by atoms with van der Waals surface area (Å²) in [6, 6.07) is 10.3. The third kappa shape index (κ3) is 3.22. The lowest BCUT2D eigenvalue weighted by molar-refractivity contribution is 0.594. The number of benzene rings is 1. The summed E-state index contributed by atoms with van der Waals surface area (Å²) < 4.78 is 0. The van der Waals surface area contributed by atoms with Crippen LogP contribution in [0.5, 0.6) is 0 Å². The molecule has 0 amide bonds. The first kappa shape index (κ1) is 11.4. The van der Waals surface area contributed by atoms with Crippen LogP contribution in [0.15, 0.2) is 30.3 Å². The summed E-state index contributed by atoms with van der Waals surface area (Å²) >= 11 is 6.22. The van der Waals surface area contributed by atoms with E-state index in [2.05, 4.69) is 37.9 Å². The van der Waals surface area contributed by atoms with Crippen molar-refractivity contribution < 1.29 is 0 Å². The first-order chi connectivity index (χ1) is 6.61. The van der Waals surface area contributed by atoms with Crippen LogP contribution >= 0.6 is 11.6 Å². The highest BCUT2D eigenvalue weighted by Crippen LogP contribution is 2.16. The minimum atomic E-state index is 0.209. The standard InChI is InChI=1S/C12H18ClN/c1-10(2)12(13)9-14(3)11-7-5-4-6-8-11/h4-8,10,12H,9H2,1-3H3. The van der Waals surface area contributed by atoms with Crippen molar-refractivity contribution in [1.29, 1.82) is 0 Å². The van der Waals surface area contributed by atoms with Gasteiger partial charge in [-0.3, -0.25) is 0 Å². The van der Waals surface area contributed by atoms with Crippen LogP contribution in [0.1, 0.15) is 13.8 Å². The predicted molar refractivity (Wildman–Crippen MR) is 64.2 cm³/mol. The number of hydrogen-bond donors (Lipinski definition) is 0. The Morgan fingerprint density at radius 1 is 1.21 bits per heavy atom. The van der Waals surface area contributed by atoms with Gasteiger partial charge in [0, 0.05) is 19.3 Å². The third-order valence-corrected chi connectivity index (χ3v) is 3.01. The maximum atomic E-state index is 6.22. The zero-order chi connectivity index (χ0) is 10.6. The molecular weight excluding hydrogens is 194 g/mol. The first-order valence-electron chi connectivity index (χ1n) is 5.01. The molecule has 0 N–H and O–H groups in total. The number of hydrogen-bond acceptors (Lipinski definition) is 1. The fourth-order valence-corrected chi connectivity index (χ4v) is 1.47. The Hall–Kier alpha value is -0.690. The van der Waals surface area contributed by atoms with Crippen LogP contribution in [-0.2, 0) is 0 Å². The third-order valence-electron chi connectivity index (χ3n) is 2.37. The Morgan fingerprint density at radius 3 is 2.29 bits per heavy atom. The van der Waals surface area contributed by atoms with Crippen LogP contribution in [0.25, 0.3) is 0 Å². The molecule has 0 aliphatic heterocycles. The van der Waals surface area contributed by atoms with E-state index < -0.39 is 0 Å². The number of anilines is 1. The number of rotatable bonds is 4. The monoisotopic (exact) mass is 211 g/mol. The van der Waals surface area contributed by atoms with Crippen LogP contribution in [0, 0.1) is 5.92 Å². The molecule has 14 heavy (non-hydrogen) atoms. The van der Waals surface area contributed by atoms with Gasteiger partial charge < -0.3 is 4.90 Å². The number of nitrogens with zero attached hydrogens (tertiary/aromatic N) is 1. The second kappa shape index (κ2) is 5.26. The molecule has 0 bridgehead atoms. The lowest BCUT2D eigenvalue weighted by Gasteiger charge is -2.24. The summed E-state index contributed by atoms with van der Waals surface area (Å²) in [7, 11) is 2.08. The highest BCUT2D eigenvalue weighted by molar-refractivity contribution is 6.21. The van der Waals surface area contributed by atoms with Crippen molar-refractivity contribution in [2.45, 2.75) is 19.2 Å². The van der Waals surface area contributed by atoms with Crippen molar-refractivity contribution in [3.05, 3.63) is 30.3 Å². The number of alkyl halides is 1. The maximum absolute atomic E-state index is 6.22. The van der Waals surface area contributed by atoms with E-state index in [0.29, 0.717) is 5.92 Å². The maximum Gasteiger partial charge on any atom is 0.0533 e. The molecule has 0 radical (unpaired) electrons. The highest BCUT2D eigenvalue weighted by atomic mass is 35.5. The van der Waals surface area contributed by atoms with E-state index in [1.165, 1.54) is 5.69 Å². The molecule has 0 aromatic heterocycles. The van der Waals surface area contributed by atoms with E-state index in [-0.39, 0.29) is 5.38 Å². The van der Waals surface area contributed by atoms with E-state index >= 15 is 0 Å². The SMILES string of the molecule is CC(C)C(Cl)CN(C)c1ccccc1. The summed E-state index contributed by atoms with van der Waals surface area (Å²) in [5.41, 5.74) is 1.22. The molecule has 2 heteroatoms. The number of halogens is 1. The van der Waals surface area contributed by atoms with Gasteiger partial charge in [-0.2, -0.15) is 0 Å². The highest BCUT2D eigenvalue weighted by Gasteiger charge is 2.12. The lowest BCUT2D eigenvalue weighted by atomic mass is 10.1. The Bertz CT molecular complexity index is 258. The van der Waals surface area contributed by atoms with Crippen LogP contribution in [0.2, 0.25) is 0 Å². The molecule has 0 spiro atoms. The fraction of sp³-hybridized carbons (Fsp3) is 0.500. The molecule has 0 fully saturated rings. The van der Waals surface area contributed by atoms with E-state index in [1.54, 1.807) is 0 Å². The van der Waals surface area contributed by atoms with E-state index in [9.17, 15) is 0 Å². The molecule has 1 rings (SSSR count). The summed E-state index contributed by atoms with van der Waals surface area (Å²) in [6.07, 6.45) is 0. The van der Waals surface area contributed by atoms with Gasteiger partial charge in [-0.05, 0) is 18.1 Å². The van der Waals surface area contributed by atoms with Gasteiger partial charge in [0.25, 0.3) is 0 Å². The van der Waals surface area contributed by atoms with Crippen molar-refractivity contribution in [2.24, 2.45) is 5.92 Å². The zero-order valence-electron chi connectivity index (χ0n) is 9.07. The van der Waals surface area contributed by atoms with Gasteiger partial charge >= 0.3 is 0 Å². The van der Waals surface area contributed by atoms with Gasteiger partial charge in [0.2, 0.25) is 0 Å². The van der Waals surface area contributed by atoms with E-state index in [4.69, 9.17) is 11.6 Å². The Kier molecular flexibility index (Phi) is 4.27. The van der Waals surface area contributed by atoms with Crippen LogP contribution in [0.3, 0.4) is 0 Å². The van der Waals surface area contributed by atoms with Crippen LogP contribution in [0.4, 0.5) is 5.69 Å². The van der Waals surface area contributed by atoms with Gasteiger partial charge in [0.15, 0.2) is 0 Å². The predicted octanol–water partition coefficient (Wildman–Crippen LogP) is 3.39. The molecule has 1 aromatic rings. The molecule has 78 valence electrons. The fourth-order valence-electron chi connectivity index (χ4n) is 1.26. The molecule has 0 aliphatic rings. The van der Waals surface area contributed by atoms with Gasteiger partial charge in [0.1, 0.15) is 0 Å². The van der Waals surface area contributed by atoms with E-state index in [1.807, 2.05) is 18.2 Å². The van der Waals surface area contributed by atoms with E-state index in [0.717, 1.165) is 6.54 Å².